The van der Waals surface area contributed by atoms with Crippen molar-refractivity contribution < 1.29 is 9.59 Å². The maximum absolute atomic E-state index is 12.6. The number of carbonyl (C=O) groups excluding carboxylic acids is 2. The Bertz CT molecular complexity index is 536. The summed E-state index contributed by atoms with van der Waals surface area (Å²) in [5.41, 5.74) is 2.09. The first-order chi connectivity index (χ1) is 10.5. The highest BCUT2D eigenvalue weighted by molar-refractivity contribution is 5.95. The summed E-state index contributed by atoms with van der Waals surface area (Å²) in [5, 5.41) is 0. The molecule has 1 aliphatic rings. The number of hydrogen-bond acceptors (Lipinski definition) is 3. The molecule has 1 fully saturated rings. The van der Waals surface area contributed by atoms with Crippen molar-refractivity contribution in [1.82, 2.24) is 9.80 Å². The highest BCUT2D eigenvalue weighted by Gasteiger charge is 2.23. The number of para-hydroxylation sites is 1. The molecule has 0 radical (unpaired) electrons. The summed E-state index contributed by atoms with van der Waals surface area (Å²) in [6.45, 7) is 9.63. The van der Waals surface area contributed by atoms with E-state index in [0.29, 0.717) is 26.2 Å². The van der Waals surface area contributed by atoms with Crippen molar-refractivity contribution in [2.45, 2.75) is 20.8 Å². The van der Waals surface area contributed by atoms with Crippen LogP contribution in [-0.4, -0.2) is 60.9 Å². The van der Waals surface area contributed by atoms with Gasteiger partial charge in [0.2, 0.25) is 11.8 Å². The minimum absolute atomic E-state index is 0.112. The lowest BCUT2D eigenvalue weighted by Crippen LogP contribution is -2.51. The van der Waals surface area contributed by atoms with E-state index in [1.165, 1.54) is 0 Å². The molecule has 5 heteroatoms. The lowest BCUT2D eigenvalue weighted by Gasteiger charge is -2.35. The van der Waals surface area contributed by atoms with Gasteiger partial charge in [0.15, 0.2) is 0 Å². The maximum atomic E-state index is 12.6. The van der Waals surface area contributed by atoms with Gasteiger partial charge in [0.25, 0.3) is 0 Å². The van der Waals surface area contributed by atoms with Gasteiger partial charge in [0.1, 0.15) is 0 Å². The molecular weight excluding hydrogens is 278 g/mol. The normalized spacial score (nSPS) is 15.7. The van der Waals surface area contributed by atoms with Gasteiger partial charge >= 0.3 is 0 Å². The molecule has 1 aromatic carbocycles. The molecule has 0 aromatic heterocycles. The van der Waals surface area contributed by atoms with Crippen molar-refractivity contribution in [3.05, 3.63) is 29.8 Å². The van der Waals surface area contributed by atoms with E-state index in [4.69, 9.17) is 0 Å². The molecule has 22 heavy (non-hydrogen) atoms. The number of carbonyl (C=O) groups is 2. The molecule has 1 heterocycles. The molecule has 1 aliphatic heterocycles. The number of likely N-dealkylation sites (N-methyl/N-ethyl adjacent to an activating group) is 1. The molecule has 0 bridgehead atoms. The van der Waals surface area contributed by atoms with Crippen molar-refractivity contribution in [2.24, 2.45) is 0 Å². The summed E-state index contributed by atoms with van der Waals surface area (Å²) >= 11 is 0. The van der Waals surface area contributed by atoms with Gasteiger partial charge in [-0.1, -0.05) is 18.2 Å². The average molecular weight is 303 g/mol. The number of hydrogen-bond donors (Lipinski definition) is 0. The minimum Gasteiger partial charge on any atom is -0.340 e. The van der Waals surface area contributed by atoms with Crippen LogP contribution < -0.4 is 4.90 Å². The highest BCUT2D eigenvalue weighted by Crippen LogP contribution is 2.19. The van der Waals surface area contributed by atoms with E-state index in [2.05, 4.69) is 4.90 Å². The van der Waals surface area contributed by atoms with Gasteiger partial charge in [0, 0.05) is 45.3 Å². The van der Waals surface area contributed by atoms with Gasteiger partial charge in [-0.3, -0.25) is 14.5 Å². The van der Waals surface area contributed by atoms with Crippen molar-refractivity contribution in [3.63, 3.8) is 0 Å². The molecule has 0 saturated carbocycles. The van der Waals surface area contributed by atoms with E-state index in [9.17, 15) is 9.59 Å². The summed E-state index contributed by atoms with van der Waals surface area (Å²) in [6.07, 6.45) is 0. The van der Waals surface area contributed by atoms with Crippen LogP contribution in [0.15, 0.2) is 24.3 Å². The van der Waals surface area contributed by atoms with Crippen LogP contribution in [0.5, 0.6) is 0 Å². The first-order valence-electron chi connectivity index (χ1n) is 7.86. The molecule has 0 aliphatic carbocycles. The van der Waals surface area contributed by atoms with E-state index < -0.39 is 0 Å². The van der Waals surface area contributed by atoms with Crippen molar-refractivity contribution in [3.8, 4) is 0 Å². The monoisotopic (exact) mass is 303 g/mol. The first-order valence-corrected chi connectivity index (χ1v) is 7.86. The number of piperazine rings is 1. The largest absolute Gasteiger partial charge is 0.340 e. The van der Waals surface area contributed by atoms with E-state index in [-0.39, 0.29) is 11.8 Å². The Morgan fingerprint density at radius 2 is 1.77 bits per heavy atom. The van der Waals surface area contributed by atoms with Crippen LogP contribution in [0, 0.1) is 6.92 Å². The second-order valence-corrected chi connectivity index (χ2v) is 5.71. The van der Waals surface area contributed by atoms with E-state index >= 15 is 0 Å². The zero-order valence-electron chi connectivity index (χ0n) is 13.7. The van der Waals surface area contributed by atoms with Crippen LogP contribution in [0.4, 0.5) is 5.69 Å². The summed E-state index contributed by atoms with van der Waals surface area (Å²) in [5.74, 6) is 0.231. The fourth-order valence-corrected chi connectivity index (χ4v) is 2.84. The fraction of sp³-hybridized carbons (Fsp3) is 0.529. The summed E-state index contributed by atoms with van der Waals surface area (Å²) in [7, 11) is 0. The number of nitrogens with zero attached hydrogens (tertiary/aromatic N) is 3. The molecule has 5 nitrogen and oxygen atoms in total. The third-order valence-electron chi connectivity index (χ3n) is 4.20. The van der Waals surface area contributed by atoms with Gasteiger partial charge in [-0.15, -0.1) is 0 Å². The topological polar surface area (TPSA) is 43.9 Å². The smallest absolute Gasteiger partial charge is 0.241 e. The lowest BCUT2D eigenvalue weighted by atomic mass is 10.1. The van der Waals surface area contributed by atoms with Crippen molar-refractivity contribution in [1.29, 1.82) is 0 Å². The predicted molar refractivity (Wildman–Crippen MR) is 87.9 cm³/mol. The Morgan fingerprint density at radius 1 is 1.14 bits per heavy atom. The van der Waals surface area contributed by atoms with Crippen molar-refractivity contribution in [2.75, 3.05) is 44.2 Å². The number of benzene rings is 1. The zero-order chi connectivity index (χ0) is 16.1. The molecule has 2 rings (SSSR count). The SMILES string of the molecule is CCN(C(=O)CN1CCN(C(C)=O)CC1)c1ccccc1C. The first kappa shape index (κ1) is 16.5. The number of amides is 2. The van der Waals surface area contributed by atoms with Crippen LogP contribution in [0.3, 0.4) is 0 Å². The summed E-state index contributed by atoms with van der Waals surface area (Å²) in [4.78, 5) is 29.8. The highest BCUT2D eigenvalue weighted by atomic mass is 16.2. The quantitative estimate of drug-likeness (QED) is 0.847. The van der Waals surface area contributed by atoms with E-state index in [1.54, 1.807) is 6.92 Å². The lowest BCUT2D eigenvalue weighted by molar-refractivity contribution is -0.130. The van der Waals surface area contributed by atoms with Gasteiger partial charge in [-0.25, -0.2) is 0 Å². The second kappa shape index (κ2) is 7.40. The average Bonchev–Trinajstić information content (AvgIpc) is 2.50. The molecule has 120 valence electrons. The maximum Gasteiger partial charge on any atom is 0.241 e. The number of anilines is 1. The van der Waals surface area contributed by atoms with Gasteiger partial charge in [-0.2, -0.15) is 0 Å². The third kappa shape index (κ3) is 3.85. The van der Waals surface area contributed by atoms with Gasteiger partial charge in [-0.05, 0) is 25.5 Å². The van der Waals surface area contributed by atoms with E-state index in [0.717, 1.165) is 24.3 Å². The Balaban J connectivity index is 1.96. The minimum atomic E-state index is 0.112. The van der Waals surface area contributed by atoms with Gasteiger partial charge in [0.05, 0.1) is 6.54 Å². The standard InChI is InChI=1S/C17H25N3O2/c1-4-20(16-8-6-5-7-14(16)2)17(22)13-18-9-11-19(12-10-18)15(3)21/h5-8H,4,9-13H2,1-3H3. The Morgan fingerprint density at radius 3 is 2.32 bits per heavy atom. The molecule has 0 atom stereocenters. The Hall–Kier alpha value is -1.88. The van der Waals surface area contributed by atoms with Crippen LogP contribution in [0.25, 0.3) is 0 Å². The number of rotatable bonds is 4. The van der Waals surface area contributed by atoms with E-state index in [1.807, 2.05) is 47.9 Å². The molecule has 2 amide bonds. The van der Waals surface area contributed by atoms with Crippen molar-refractivity contribution >= 4 is 17.5 Å². The summed E-state index contributed by atoms with van der Waals surface area (Å²) in [6, 6.07) is 7.96. The van der Waals surface area contributed by atoms with Crippen LogP contribution >= 0.6 is 0 Å². The molecule has 0 N–H and O–H groups in total. The zero-order valence-corrected chi connectivity index (χ0v) is 13.7. The third-order valence-corrected chi connectivity index (χ3v) is 4.20. The Labute approximate surface area is 132 Å². The molecular formula is C17H25N3O2. The van der Waals surface area contributed by atoms with Crippen LogP contribution in [-0.2, 0) is 9.59 Å². The number of aryl methyl sites for hydroxylation is 1. The predicted octanol–water partition coefficient (Wildman–Crippen LogP) is 1.51. The molecule has 0 unspecified atom stereocenters. The van der Waals surface area contributed by atoms with Crippen LogP contribution in [0.2, 0.25) is 0 Å². The summed E-state index contributed by atoms with van der Waals surface area (Å²) < 4.78 is 0. The van der Waals surface area contributed by atoms with Gasteiger partial charge < -0.3 is 9.80 Å². The molecule has 0 spiro atoms. The Kier molecular flexibility index (Phi) is 5.55. The molecule has 1 aromatic rings. The molecule has 1 saturated heterocycles. The van der Waals surface area contributed by atoms with Crippen LogP contribution in [0.1, 0.15) is 19.4 Å². The fourth-order valence-electron chi connectivity index (χ4n) is 2.84. The second-order valence-electron chi connectivity index (χ2n) is 5.71.